The quantitative estimate of drug-likeness (QED) is 0.621. The minimum Gasteiger partial charge on any atom is -0.481 e. The zero-order chi connectivity index (χ0) is 19.3. The number of hydrogen-bond acceptors (Lipinski definition) is 3. The molecule has 0 radical (unpaired) electrons. The summed E-state index contributed by atoms with van der Waals surface area (Å²) in [5, 5.41) is 9.57. The van der Waals surface area contributed by atoms with E-state index in [1.165, 1.54) is 19.3 Å². The largest absolute Gasteiger partial charge is 0.481 e. The fourth-order valence-electron chi connectivity index (χ4n) is 4.65. The van der Waals surface area contributed by atoms with Crippen LogP contribution in [0.4, 0.5) is 0 Å². The van der Waals surface area contributed by atoms with E-state index in [2.05, 4.69) is 27.7 Å². The van der Waals surface area contributed by atoms with Crippen molar-refractivity contribution in [2.45, 2.75) is 91.6 Å². The summed E-state index contributed by atoms with van der Waals surface area (Å²) < 4.78 is 6.06. The van der Waals surface area contributed by atoms with Crippen LogP contribution in [-0.4, -0.2) is 23.1 Å². The van der Waals surface area contributed by atoms with Gasteiger partial charge in [0, 0.05) is 0 Å². The monoisotopic (exact) mass is 366 g/mol. The van der Waals surface area contributed by atoms with Gasteiger partial charge in [-0.15, -0.1) is 0 Å². The van der Waals surface area contributed by atoms with Gasteiger partial charge in [0.2, 0.25) is 0 Å². The molecule has 4 nitrogen and oxygen atoms in total. The lowest BCUT2D eigenvalue weighted by molar-refractivity contribution is -0.168. The summed E-state index contributed by atoms with van der Waals surface area (Å²) in [6, 6.07) is 0. The molecule has 150 valence electrons. The van der Waals surface area contributed by atoms with Crippen molar-refractivity contribution in [3.05, 3.63) is 0 Å². The summed E-state index contributed by atoms with van der Waals surface area (Å²) >= 11 is 0. The highest BCUT2D eigenvalue weighted by molar-refractivity contribution is 5.81. The molecule has 2 fully saturated rings. The van der Waals surface area contributed by atoms with E-state index in [0.717, 1.165) is 25.7 Å². The number of carbonyl (C=O) groups excluding carboxylic acids is 1. The van der Waals surface area contributed by atoms with Crippen molar-refractivity contribution in [1.29, 1.82) is 0 Å². The van der Waals surface area contributed by atoms with Gasteiger partial charge < -0.3 is 9.84 Å². The number of ether oxygens (including phenoxy) is 1. The van der Waals surface area contributed by atoms with Crippen LogP contribution < -0.4 is 0 Å². The maximum atomic E-state index is 12.9. The molecule has 2 aliphatic rings. The molecule has 2 rings (SSSR count). The minimum atomic E-state index is -0.844. The highest BCUT2D eigenvalue weighted by Gasteiger charge is 2.40. The number of aliphatic carboxylic acids is 1. The molecule has 0 aromatic rings. The SMILES string of the molecule is CC1CCC(C(=O)OC(CC(C)C(C)C)C2CCCCC2)C(C(=O)O)C1. The van der Waals surface area contributed by atoms with E-state index in [1.54, 1.807) is 0 Å². The van der Waals surface area contributed by atoms with Crippen LogP contribution in [0.5, 0.6) is 0 Å². The third-order valence-corrected chi connectivity index (χ3v) is 6.92. The molecule has 0 heterocycles. The normalized spacial score (nSPS) is 30.0. The maximum Gasteiger partial charge on any atom is 0.310 e. The molecule has 0 aromatic carbocycles. The first-order valence-corrected chi connectivity index (χ1v) is 10.7. The van der Waals surface area contributed by atoms with Crippen molar-refractivity contribution in [2.75, 3.05) is 0 Å². The Morgan fingerprint density at radius 3 is 2.23 bits per heavy atom. The van der Waals surface area contributed by atoms with Crippen LogP contribution in [0.2, 0.25) is 0 Å². The van der Waals surface area contributed by atoms with Crippen LogP contribution in [0.3, 0.4) is 0 Å². The highest BCUT2D eigenvalue weighted by Crippen LogP contribution is 2.37. The predicted molar refractivity (Wildman–Crippen MR) is 103 cm³/mol. The Morgan fingerprint density at radius 1 is 1.00 bits per heavy atom. The van der Waals surface area contributed by atoms with E-state index in [9.17, 15) is 14.7 Å². The van der Waals surface area contributed by atoms with E-state index >= 15 is 0 Å². The van der Waals surface area contributed by atoms with Crippen molar-refractivity contribution in [1.82, 2.24) is 0 Å². The first-order valence-electron chi connectivity index (χ1n) is 10.7. The molecular weight excluding hydrogens is 328 g/mol. The molecule has 0 amide bonds. The van der Waals surface area contributed by atoms with Crippen molar-refractivity contribution >= 4 is 11.9 Å². The smallest absolute Gasteiger partial charge is 0.310 e. The molecule has 5 atom stereocenters. The van der Waals surface area contributed by atoms with E-state index in [1.807, 2.05) is 0 Å². The molecule has 1 N–H and O–H groups in total. The lowest BCUT2D eigenvalue weighted by atomic mass is 9.74. The molecule has 0 spiro atoms. The summed E-state index contributed by atoms with van der Waals surface area (Å²) in [5.74, 6) is -0.280. The van der Waals surface area contributed by atoms with Gasteiger partial charge in [-0.05, 0) is 62.2 Å². The number of carboxylic acids is 1. The third-order valence-electron chi connectivity index (χ3n) is 6.92. The summed E-state index contributed by atoms with van der Waals surface area (Å²) in [7, 11) is 0. The second kappa shape index (κ2) is 9.75. The standard InChI is InChI=1S/C22H38O4/c1-14(2)16(4)13-20(17-8-6-5-7-9-17)26-22(25)18-11-10-15(3)12-19(18)21(23)24/h14-20H,5-13H2,1-4H3,(H,23,24). The first kappa shape index (κ1) is 21.2. The average Bonchev–Trinajstić information content (AvgIpc) is 2.61. The molecule has 0 aliphatic heterocycles. The van der Waals surface area contributed by atoms with E-state index in [4.69, 9.17) is 4.74 Å². The van der Waals surface area contributed by atoms with Crippen molar-refractivity contribution in [3.63, 3.8) is 0 Å². The lowest BCUT2D eigenvalue weighted by Gasteiger charge is -2.36. The second-order valence-electron chi connectivity index (χ2n) is 9.30. The number of carbonyl (C=O) groups is 2. The van der Waals surface area contributed by atoms with Gasteiger partial charge in [0.25, 0.3) is 0 Å². The van der Waals surface area contributed by atoms with Crippen LogP contribution in [0, 0.1) is 35.5 Å². The summed E-state index contributed by atoms with van der Waals surface area (Å²) in [6.07, 6.45) is 8.97. The van der Waals surface area contributed by atoms with Gasteiger partial charge in [-0.25, -0.2) is 0 Å². The third kappa shape index (κ3) is 5.72. The van der Waals surface area contributed by atoms with E-state index < -0.39 is 17.8 Å². The Bertz CT molecular complexity index is 467. The molecule has 2 saturated carbocycles. The fraction of sp³-hybridized carbons (Fsp3) is 0.909. The van der Waals surface area contributed by atoms with Crippen LogP contribution in [-0.2, 0) is 14.3 Å². The highest BCUT2D eigenvalue weighted by atomic mass is 16.5. The predicted octanol–water partition coefficient (Wildman–Crippen LogP) is 5.30. The van der Waals surface area contributed by atoms with E-state index in [-0.39, 0.29) is 12.1 Å². The topological polar surface area (TPSA) is 63.6 Å². The molecule has 0 aromatic heterocycles. The Kier molecular flexibility index (Phi) is 7.97. The van der Waals surface area contributed by atoms with Crippen molar-refractivity contribution in [2.24, 2.45) is 35.5 Å². The van der Waals surface area contributed by atoms with Gasteiger partial charge in [-0.3, -0.25) is 9.59 Å². The zero-order valence-corrected chi connectivity index (χ0v) is 17.1. The van der Waals surface area contributed by atoms with Crippen LogP contribution >= 0.6 is 0 Å². The van der Waals surface area contributed by atoms with Gasteiger partial charge in [0.15, 0.2) is 0 Å². The van der Waals surface area contributed by atoms with Crippen LogP contribution in [0.25, 0.3) is 0 Å². The second-order valence-corrected chi connectivity index (χ2v) is 9.30. The molecule has 0 bridgehead atoms. The number of rotatable bonds is 7. The average molecular weight is 367 g/mol. The lowest BCUT2D eigenvalue weighted by Crippen LogP contribution is -2.39. The van der Waals surface area contributed by atoms with Crippen molar-refractivity contribution < 1.29 is 19.4 Å². The molecule has 2 aliphatic carbocycles. The van der Waals surface area contributed by atoms with E-state index in [0.29, 0.717) is 36.5 Å². The van der Waals surface area contributed by atoms with Crippen molar-refractivity contribution in [3.8, 4) is 0 Å². The van der Waals surface area contributed by atoms with Gasteiger partial charge in [-0.1, -0.05) is 47.0 Å². The van der Waals surface area contributed by atoms with Gasteiger partial charge in [0.1, 0.15) is 6.10 Å². The zero-order valence-electron chi connectivity index (χ0n) is 17.1. The van der Waals surface area contributed by atoms with Gasteiger partial charge in [-0.2, -0.15) is 0 Å². The minimum absolute atomic E-state index is 0.0472. The summed E-state index contributed by atoms with van der Waals surface area (Å²) in [6.45, 7) is 8.74. The maximum absolute atomic E-state index is 12.9. The molecule has 26 heavy (non-hydrogen) atoms. The fourth-order valence-corrected chi connectivity index (χ4v) is 4.65. The Labute approximate surface area is 159 Å². The molecule has 4 heteroatoms. The molecule has 0 saturated heterocycles. The summed E-state index contributed by atoms with van der Waals surface area (Å²) in [5.41, 5.74) is 0. The molecule has 5 unspecified atom stereocenters. The molecular formula is C22H38O4. The van der Waals surface area contributed by atoms with Gasteiger partial charge >= 0.3 is 11.9 Å². The van der Waals surface area contributed by atoms with Gasteiger partial charge in [0.05, 0.1) is 11.8 Å². The number of carboxylic acid groups (broad SMARTS) is 1. The number of esters is 1. The Hall–Kier alpha value is -1.06. The Morgan fingerprint density at radius 2 is 1.65 bits per heavy atom. The summed E-state index contributed by atoms with van der Waals surface area (Å²) in [4.78, 5) is 24.6. The van der Waals surface area contributed by atoms with Crippen LogP contribution in [0.15, 0.2) is 0 Å². The van der Waals surface area contributed by atoms with Crippen LogP contribution in [0.1, 0.15) is 85.5 Å². The number of hydrogen-bond donors (Lipinski definition) is 1. The first-order chi connectivity index (χ1) is 12.3. The Balaban J connectivity index is 2.07.